The van der Waals surface area contributed by atoms with E-state index < -0.39 is 83.6 Å². The summed E-state index contributed by atoms with van der Waals surface area (Å²) in [6, 6.07) is 8.61. The summed E-state index contributed by atoms with van der Waals surface area (Å²) in [5.41, 5.74) is -1.69. The van der Waals surface area contributed by atoms with Crippen molar-refractivity contribution in [1.82, 2.24) is 14.7 Å². The molecule has 3 saturated heterocycles. The molecule has 1 aromatic carbocycles. The molecule has 0 aliphatic carbocycles. The molecule has 1 amide bonds. The number of esters is 1. The molecule has 2 bridgehead atoms. The zero-order valence-electron chi connectivity index (χ0n) is 37.8. The Balaban J connectivity index is 1.66. The largest absolute Gasteiger partial charge is 0.459 e. The minimum absolute atomic E-state index is 0.156. The molecule has 1 unspecified atom stereocenters. The molecule has 3 fully saturated rings. The van der Waals surface area contributed by atoms with Crippen LogP contribution in [0.1, 0.15) is 88.0 Å². The van der Waals surface area contributed by atoms with Crippen LogP contribution in [-0.2, 0) is 33.3 Å². The first-order valence-corrected chi connectivity index (χ1v) is 21.7. The summed E-state index contributed by atoms with van der Waals surface area (Å²) >= 11 is 0. The van der Waals surface area contributed by atoms with Gasteiger partial charge in [0.25, 0.3) is 0 Å². The van der Waals surface area contributed by atoms with Gasteiger partial charge in [-0.3, -0.25) is 14.5 Å². The number of amides is 1. The van der Waals surface area contributed by atoms with Crippen molar-refractivity contribution in [3.8, 4) is 23.8 Å². The minimum atomic E-state index is -1.84. The molecule has 342 valence electrons. The summed E-state index contributed by atoms with van der Waals surface area (Å²) in [6.45, 7) is 15.6. The Bertz CT molecular complexity index is 1900. The first kappa shape index (κ1) is 49.0. The molecule has 16 nitrogen and oxygen atoms in total. The molecule has 0 radical (unpaired) electrons. The average molecular weight is 866 g/mol. The highest BCUT2D eigenvalue weighted by Gasteiger charge is 2.53. The molecule has 5 rings (SSSR count). The number of rotatable bonds is 9. The Morgan fingerprint density at radius 3 is 2.44 bits per heavy atom. The summed E-state index contributed by atoms with van der Waals surface area (Å²) in [5.74, 6) is -1.31. The minimum Gasteiger partial charge on any atom is -0.459 e. The Kier molecular flexibility index (Phi) is 16.7. The van der Waals surface area contributed by atoms with Crippen molar-refractivity contribution in [2.75, 3.05) is 26.8 Å². The zero-order chi connectivity index (χ0) is 45.5. The quantitative estimate of drug-likeness (QED) is 0.183. The number of nitrogens with zero attached hydrogens (tertiary/aromatic N) is 5. The number of hydrogen-bond donors (Lipinski definition) is 3. The van der Waals surface area contributed by atoms with E-state index in [0.717, 1.165) is 5.69 Å². The molecular formula is C46H67N5O11. The van der Waals surface area contributed by atoms with Crippen molar-refractivity contribution in [3.63, 3.8) is 0 Å². The lowest BCUT2D eigenvalue weighted by molar-refractivity contribution is -0.302. The Labute approximate surface area is 365 Å². The third kappa shape index (κ3) is 11.4. The number of benzene rings is 1. The van der Waals surface area contributed by atoms with Gasteiger partial charge in [-0.15, -0.1) is 12.3 Å². The summed E-state index contributed by atoms with van der Waals surface area (Å²) in [4.78, 5) is 39.4. The molecule has 2 aromatic rings. The molecule has 0 spiro atoms. The van der Waals surface area contributed by atoms with E-state index in [1.807, 2.05) is 64.0 Å². The van der Waals surface area contributed by atoms with Crippen LogP contribution in [0.3, 0.4) is 0 Å². The average Bonchev–Trinajstić information content (AvgIpc) is 3.78. The van der Waals surface area contributed by atoms with Gasteiger partial charge < -0.3 is 43.8 Å². The van der Waals surface area contributed by atoms with E-state index in [9.17, 15) is 24.9 Å². The van der Waals surface area contributed by atoms with Crippen molar-refractivity contribution in [2.24, 2.45) is 33.8 Å². The van der Waals surface area contributed by atoms with E-state index >= 15 is 0 Å². The third-order valence-electron chi connectivity index (χ3n) is 12.7. The predicted molar refractivity (Wildman–Crippen MR) is 232 cm³/mol. The van der Waals surface area contributed by atoms with Gasteiger partial charge in [-0.2, -0.15) is 5.10 Å². The summed E-state index contributed by atoms with van der Waals surface area (Å²) in [7, 11) is 1.89. The van der Waals surface area contributed by atoms with Gasteiger partial charge in [0.2, 0.25) is 5.91 Å². The lowest BCUT2D eigenvalue weighted by atomic mass is 9.73. The van der Waals surface area contributed by atoms with Crippen molar-refractivity contribution < 1.29 is 53.4 Å². The summed E-state index contributed by atoms with van der Waals surface area (Å²) in [6.07, 6.45) is 3.11. The number of likely N-dealkylation sites (N-methyl/N-ethyl adjacent to an activating group) is 1. The van der Waals surface area contributed by atoms with E-state index in [2.05, 4.69) is 21.2 Å². The number of terminal acetylenes is 1. The van der Waals surface area contributed by atoms with Crippen LogP contribution in [0.4, 0.5) is 0 Å². The van der Waals surface area contributed by atoms with Crippen LogP contribution >= 0.6 is 0 Å². The van der Waals surface area contributed by atoms with E-state index in [-0.39, 0.29) is 43.9 Å². The lowest BCUT2D eigenvalue weighted by Crippen LogP contribution is -2.61. The number of aliphatic hydroxyl groups excluding tert-OH is 2. The first-order chi connectivity index (χ1) is 29.3. The fourth-order valence-corrected chi connectivity index (χ4v) is 9.29. The van der Waals surface area contributed by atoms with Gasteiger partial charge in [-0.25, -0.2) is 9.67 Å². The Morgan fingerprint density at radius 1 is 1.10 bits per heavy atom. The maximum atomic E-state index is 14.0. The standard InChI is InChI=1S/C46H67N5O11/c1-12-14-21-50(11)36-23-28(4)59-44(40(36)54)61-41-30(6)39(53)31(7)43(55)60-37(13-2)46(10,56)42-29(5)38(48-32(8)52)27(3)24-45(41,9)58-26-33(25-57-42)49-62-35-18-16-34(17-19-35)51-22-15-20-47-51/h1,15-20,22,27-31,36-37,39-42,44,53-54,56H,13-14,21,23-26H2,2-11H3/b48-38?,49-33+/t27-,28-,29+,30+,31-,36+,37-,39+,40-,41-,42-,44?,45-,46-/m1/s1. The van der Waals surface area contributed by atoms with Crippen LogP contribution in [0.15, 0.2) is 52.9 Å². The van der Waals surface area contributed by atoms with E-state index in [1.165, 1.54) is 13.8 Å². The first-order valence-electron chi connectivity index (χ1n) is 21.7. The van der Waals surface area contributed by atoms with Gasteiger partial charge in [0.05, 0.1) is 54.8 Å². The Hall–Kier alpha value is -4.05. The van der Waals surface area contributed by atoms with Crippen LogP contribution < -0.4 is 4.84 Å². The van der Waals surface area contributed by atoms with Gasteiger partial charge in [-0.1, -0.05) is 32.9 Å². The van der Waals surface area contributed by atoms with Crippen LogP contribution in [0.2, 0.25) is 0 Å². The van der Waals surface area contributed by atoms with Crippen molar-refractivity contribution >= 4 is 23.3 Å². The van der Waals surface area contributed by atoms with Crippen LogP contribution in [-0.4, -0.2) is 140 Å². The van der Waals surface area contributed by atoms with E-state index in [1.54, 1.807) is 43.8 Å². The second kappa shape index (κ2) is 21.1. The number of aliphatic imine (C=N–C) groups is 1. The van der Waals surface area contributed by atoms with Crippen LogP contribution in [0.5, 0.6) is 5.75 Å². The lowest BCUT2D eigenvalue weighted by Gasteiger charge is -2.48. The maximum Gasteiger partial charge on any atom is 0.311 e. The molecule has 4 heterocycles. The molecule has 0 saturated carbocycles. The molecule has 3 aliphatic rings. The van der Waals surface area contributed by atoms with Crippen LogP contribution in [0.25, 0.3) is 5.69 Å². The van der Waals surface area contributed by atoms with Gasteiger partial charge >= 0.3 is 5.97 Å². The highest BCUT2D eigenvalue weighted by Crippen LogP contribution is 2.41. The fraction of sp³-hybridized carbons (Fsp3) is 0.674. The number of aliphatic hydroxyl groups is 3. The topological polar surface area (TPSA) is 196 Å². The molecular weight excluding hydrogens is 799 g/mol. The number of carbonyl (C=O) groups excluding carboxylic acids is 2. The van der Waals surface area contributed by atoms with E-state index in [4.69, 9.17) is 34.9 Å². The third-order valence-corrected chi connectivity index (χ3v) is 12.7. The molecule has 14 atom stereocenters. The number of cyclic esters (lactones) is 1. The molecule has 62 heavy (non-hydrogen) atoms. The SMILES string of the molecule is C#CCCN(C)[C@H]1C[C@@H](C)OC(O[C@@H]2[C@@H](C)[C@H](O)[C@@H](C)C(=O)O[C@H](CC)[C@@](C)(O)[C@@H]3OC/C(=N\Oc4ccc(-n5cccn5)cc4)CO[C@]2(C)C[C@@H](C)C(=NC(C)=O)[C@@H]3C)[C@@H]1O. The second-order valence-electron chi connectivity index (χ2n) is 17.8. The van der Waals surface area contributed by atoms with Gasteiger partial charge in [0, 0.05) is 55.9 Å². The maximum absolute atomic E-state index is 14.0. The van der Waals surface area contributed by atoms with Crippen molar-refractivity contribution in [1.29, 1.82) is 0 Å². The number of oxime groups is 1. The second-order valence-corrected chi connectivity index (χ2v) is 17.8. The normalized spacial score (nSPS) is 37.8. The fourth-order valence-electron chi connectivity index (χ4n) is 9.29. The molecule has 3 N–H and O–H groups in total. The van der Waals surface area contributed by atoms with Gasteiger partial charge in [-0.05, 0) is 90.3 Å². The van der Waals surface area contributed by atoms with Gasteiger partial charge in [0.15, 0.2) is 12.0 Å². The molecule has 1 aromatic heterocycles. The molecule has 3 aliphatic heterocycles. The van der Waals surface area contributed by atoms with E-state index in [0.29, 0.717) is 30.8 Å². The monoisotopic (exact) mass is 865 g/mol. The van der Waals surface area contributed by atoms with Crippen molar-refractivity contribution in [3.05, 3.63) is 42.7 Å². The Morgan fingerprint density at radius 2 is 1.81 bits per heavy atom. The smallest absolute Gasteiger partial charge is 0.311 e. The summed E-state index contributed by atoms with van der Waals surface area (Å²) < 4.78 is 34.6. The number of fused-ring (bicyclic) bond motifs is 5. The zero-order valence-corrected chi connectivity index (χ0v) is 37.8. The highest BCUT2D eigenvalue weighted by molar-refractivity contribution is 5.98. The number of carbonyl (C=O) groups is 2. The van der Waals surface area contributed by atoms with Crippen molar-refractivity contribution in [2.45, 2.75) is 148 Å². The predicted octanol–water partition coefficient (Wildman–Crippen LogP) is 4.36. The highest BCUT2D eigenvalue weighted by atomic mass is 16.7. The number of hydrogen-bond acceptors (Lipinski definition) is 14. The van der Waals surface area contributed by atoms with Gasteiger partial charge in [0.1, 0.15) is 23.5 Å². The molecule has 16 heteroatoms. The summed E-state index contributed by atoms with van der Waals surface area (Å²) in [5, 5.41) is 45.3. The number of aromatic nitrogens is 2. The van der Waals surface area contributed by atoms with Crippen LogP contribution in [0, 0.1) is 36.0 Å². The number of ether oxygens (including phenoxy) is 5.